The van der Waals surface area contributed by atoms with Gasteiger partial charge in [-0.2, -0.15) is 4.98 Å². The number of nitrogens with zero attached hydrogens (tertiary/aromatic N) is 2. The van der Waals surface area contributed by atoms with Crippen molar-refractivity contribution in [1.29, 1.82) is 0 Å². The average molecular weight is 418 g/mol. The lowest BCUT2D eigenvalue weighted by Gasteiger charge is -2.15. The lowest BCUT2D eigenvalue weighted by atomic mass is 10.3. The average Bonchev–Trinajstić information content (AvgIpc) is 2.76. The van der Waals surface area contributed by atoms with Crippen molar-refractivity contribution in [3.63, 3.8) is 0 Å². The van der Waals surface area contributed by atoms with Crippen molar-refractivity contribution in [2.24, 2.45) is 5.73 Å². The van der Waals surface area contributed by atoms with E-state index < -0.39 is 8.07 Å². The summed E-state index contributed by atoms with van der Waals surface area (Å²) >= 11 is 3.37. The van der Waals surface area contributed by atoms with Crippen molar-refractivity contribution in [1.82, 2.24) is 9.55 Å². The van der Waals surface area contributed by atoms with Crippen LogP contribution < -0.4 is 10.5 Å². The Kier molecular flexibility index (Phi) is 6.41. The molecule has 2 aromatic rings. The highest BCUT2D eigenvalue weighted by molar-refractivity contribution is 9.10. The molecular formula is C16H25BrFN3O2Si. The predicted octanol–water partition coefficient (Wildman–Crippen LogP) is 3.98. The number of halogens is 2. The molecular weight excluding hydrogens is 393 g/mol. The third-order valence-corrected chi connectivity index (χ3v) is 5.70. The Hall–Kier alpha value is -0.963. The van der Waals surface area contributed by atoms with Gasteiger partial charge in [-0.15, -0.1) is 0 Å². The van der Waals surface area contributed by atoms with E-state index in [0.29, 0.717) is 34.6 Å². The normalized spacial score (nSPS) is 13.5. The molecule has 2 aromatic heterocycles. The summed E-state index contributed by atoms with van der Waals surface area (Å²) in [5.74, 6) is 0.0759. The van der Waals surface area contributed by atoms with Gasteiger partial charge in [-0.1, -0.05) is 19.6 Å². The van der Waals surface area contributed by atoms with E-state index in [-0.39, 0.29) is 18.6 Å². The van der Waals surface area contributed by atoms with Crippen LogP contribution in [-0.4, -0.2) is 36.9 Å². The van der Waals surface area contributed by atoms with Crippen LogP contribution in [0, 0.1) is 5.82 Å². The number of hydrogen-bond donors (Lipinski definition) is 1. The van der Waals surface area contributed by atoms with Crippen LogP contribution >= 0.6 is 15.9 Å². The first-order chi connectivity index (χ1) is 11.2. The Balaban J connectivity index is 2.16. The smallest absolute Gasteiger partial charge is 0.230 e. The van der Waals surface area contributed by atoms with Crippen molar-refractivity contribution in [2.45, 2.75) is 45.4 Å². The first kappa shape index (κ1) is 19.4. The molecule has 134 valence electrons. The zero-order chi connectivity index (χ0) is 17.9. The summed E-state index contributed by atoms with van der Waals surface area (Å²) in [6, 6.07) is 2.63. The van der Waals surface area contributed by atoms with Crippen molar-refractivity contribution < 1.29 is 13.9 Å². The molecule has 1 unspecified atom stereocenters. The van der Waals surface area contributed by atoms with Crippen LogP contribution in [0.25, 0.3) is 11.0 Å². The zero-order valence-electron chi connectivity index (χ0n) is 14.6. The van der Waals surface area contributed by atoms with Gasteiger partial charge in [-0.05, 0) is 35.0 Å². The Morgan fingerprint density at radius 1 is 1.42 bits per heavy atom. The lowest BCUT2D eigenvalue weighted by molar-refractivity contribution is 0.0894. The summed E-state index contributed by atoms with van der Waals surface area (Å²) in [5.41, 5.74) is 6.21. The van der Waals surface area contributed by atoms with Gasteiger partial charge in [-0.25, -0.2) is 4.39 Å². The fourth-order valence-electron chi connectivity index (χ4n) is 2.08. The summed E-state index contributed by atoms with van der Waals surface area (Å²) in [4.78, 5) is 4.42. The van der Waals surface area contributed by atoms with Gasteiger partial charge < -0.3 is 19.8 Å². The molecule has 0 aliphatic heterocycles. The minimum atomic E-state index is -1.14. The summed E-state index contributed by atoms with van der Waals surface area (Å²) in [6.07, 6.45) is 1.41. The minimum Gasteiger partial charge on any atom is -0.475 e. The van der Waals surface area contributed by atoms with Gasteiger partial charge >= 0.3 is 0 Å². The van der Waals surface area contributed by atoms with Crippen LogP contribution in [-0.2, 0) is 11.5 Å². The fourth-order valence-corrected chi connectivity index (χ4v) is 3.27. The van der Waals surface area contributed by atoms with Crippen molar-refractivity contribution >= 4 is 35.0 Å². The number of hydrogen-bond acceptors (Lipinski definition) is 4. The number of fused-ring (bicyclic) bond motifs is 1. The van der Waals surface area contributed by atoms with Crippen LogP contribution in [0.15, 0.2) is 16.7 Å². The topological polar surface area (TPSA) is 62.3 Å². The second kappa shape index (κ2) is 7.94. The maximum atomic E-state index is 14.1. The SMILES string of the molecule is CC(N)COc1nc2c(cc1Br)c(F)cn2COCC[Si](C)(C)C. The summed E-state index contributed by atoms with van der Waals surface area (Å²) in [6.45, 7) is 10.0. The molecule has 2 rings (SSSR count). The third kappa shape index (κ3) is 5.27. The molecule has 0 aliphatic rings. The first-order valence-corrected chi connectivity index (χ1v) is 12.5. The number of aromatic nitrogens is 2. The Morgan fingerprint density at radius 2 is 2.12 bits per heavy atom. The molecule has 5 nitrogen and oxygen atoms in total. The van der Waals surface area contributed by atoms with Crippen LogP contribution in [0.3, 0.4) is 0 Å². The van der Waals surface area contributed by atoms with Gasteiger partial charge in [0.25, 0.3) is 0 Å². The Labute approximate surface area is 151 Å². The summed E-state index contributed by atoms with van der Waals surface area (Å²) < 4.78 is 27.7. The van der Waals surface area contributed by atoms with E-state index in [9.17, 15) is 4.39 Å². The standard InChI is InChI=1S/C16H25BrFN3O2Si/c1-11(19)9-23-16-13(17)7-12-14(18)8-21(15(12)20-16)10-22-5-6-24(2,3)4/h7-8,11H,5-6,9-10,19H2,1-4H3. The van der Waals surface area contributed by atoms with E-state index in [2.05, 4.69) is 40.6 Å². The zero-order valence-corrected chi connectivity index (χ0v) is 17.2. The van der Waals surface area contributed by atoms with Crippen LogP contribution in [0.1, 0.15) is 6.92 Å². The molecule has 1 atom stereocenters. The van der Waals surface area contributed by atoms with Crippen molar-refractivity contribution in [3.05, 3.63) is 22.6 Å². The lowest BCUT2D eigenvalue weighted by Crippen LogP contribution is -2.24. The van der Waals surface area contributed by atoms with E-state index in [0.717, 1.165) is 6.04 Å². The minimum absolute atomic E-state index is 0.109. The van der Waals surface area contributed by atoms with Gasteiger partial charge in [-0.3, -0.25) is 0 Å². The highest BCUT2D eigenvalue weighted by Crippen LogP contribution is 2.29. The summed E-state index contributed by atoms with van der Waals surface area (Å²) in [5, 5.41) is 0.434. The van der Waals surface area contributed by atoms with E-state index in [1.165, 1.54) is 6.20 Å². The van der Waals surface area contributed by atoms with Crippen LogP contribution in [0.4, 0.5) is 4.39 Å². The quantitative estimate of drug-likeness (QED) is 0.521. The van der Waals surface area contributed by atoms with Crippen LogP contribution in [0.2, 0.25) is 25.7 Å². The third-order valence-electron chi connectivity index (χ3n) is 3.43. The van der Waals surface area contributed by atoms with E-state index >= 15 is 0 Å². The van der Waals surface area contributed by atoms with Gasteiger partial charge in [0.2, 0.25) is 5.88 Å². The van der Waals surface area contributed by atoms with Gasteiger partial charge in [0.1, 0.15) is 24.8 Å². The second-order valence-electron chi connectivity index (χ2n) is 7.23. The molecule has 0 aliphatic carbocycles. The maximum Gasteiger partial charge on any atom is 0.230 e. The molecule has 0 amide bonds. The molecule has 0 saturated heterocycles. The molecule has 2 N–H and O–H groups in total. The van der Waals surface area contributed by atoms with E-state index in [1.54, 1.807) is 10.6 Å². The van der Waals surface area contributed by atoms with E-state index in [1.807, 2.05) is 6.92 Å². The monoisotopic (exact) mass is 417 g/mol. The molecule has 0 fully saturated rings. The molecule has 0 bridgehead atoms. The highest BCUT2D eigenvalue weighted by Gasteiger charge is 2.16. The van der Waals surface area contributed by atoms with E-state index in [4.69, 9.17) is 15.2 Å². The number of nitrogens with two attached hydrogens (primary N) is 1. The fraction of sp³-hybridized carbons (Fsp3) is 0.562. The Morgan fingerprint density at radius 3 is 2.75 bits per heavy atom. The molecule has 8 heteroatoms. The molecule has 24 heavy (non-hydrogen) atoms. The van der Waals surface area contributed by atoms with Gasteiger partial charge in [0.15, 0.2) is 0 Å². The predicted molar refractivity (Wildman–Crippen MR) is 101 cm³/mol. The van der Waals surface area contributed by atoms with Crippen LogP contribution in [0.5, 0.6) is 5.88 Å². The molecule has 0 aromatic carbocycles. The molecule has 0 saturated carbocycles. The molecule has 0 radical (unpaired) electrons. The molecule has 0 spiro atoms. The maximum absolute atomic E-state index is 14.1. The number of pyridine rings is 1. The second-order valence-corrected chi connectivity index (χ2v) is 13.7. The highest BCUT2D eigenvalue weighted by atomic mass is 79.9. The number of rotatable bonds is 8. The largest absolute Gasteiger partial charge is 0.475 e. The first-order valence-electron chi connectivity index (χ1n) is 7.98. The number of ether oxygens (including phenoxy) is 2. The molecule has 2 heterocycles. The van der Waals surface area contributed by atoms with Crippen molar-refractivity contribution in [3.8, 4) is 5.88 Å². The van der Waals surface area contributed by atoms with Gasteiger partial charge in [0, 0.05) is 26.9 Å². The van der Waals surface area contributed by atoms with Crippen molar-refractivity contribution in [2.75, 3.05) is 13.2 Å². The Bertz CT molecular complexity index is 701. The van der Waals surface area contributed by atoms with Gasteiger partial charge in [0.05, 0.1) is 9.86 Å². The summed E-state index contributed by atoms with van der Waals surface area (Å²) in [7, 11) is -1.14.